The number of aliphatic hydroxyl groups is 1. The van der Waals surface area contributed by atoms with E-state index in [-0.39, 0.29) is 5.75 Å². The topological polar surface area (TPSA) is 40.5 Å². The van der Waals surface area contributed by atoms with Gasteiger partial charge in [0, 0.05) is 0 Å². The Labute approximate surface area is 88.1 Å². The third kappa shape index (κ3) is 2.20. The molecule has 0 atom stereocenters. The number of phenols is 1. The van der Waals surface area contributed by atoms with Crippen LogP contribution < -0.4 is 0 Å². The van der Waals surface area contributed by atoms with Gasteiger partial charge in [0.2, 0.25) is 0 Å². The number of aryl methyl sites for hydroxylation is 1. The first kappa shape index (κ1) is 9.81. The number of rotatable bonds is 3. The maximum absolute atomic E-state index is 9.63. The van der Waals surface area contributed by atoms with E-state index >= 15 is 0 Å². The summed E-state index contributed by atoms with van der Waals surface area (Å²) in [6, 6.07) is 5.18. The van der Waals surface area contributed by atoms with Crippen molar-refractivity contribution in [2.45, 2.75) is 31.3 Å². The van der Waals surface area contributed by atoms with E-state index in [0.717, 1.165) is 31.2 Å². The smallest absolute Gasteiger partial charge is 0.134 e. The molecular weight excluding hydrogens is 200 g/mol. The molecule has 1 aliphatic rings. The molecule has 0 saturated heterocycles. The van der Waals surface area contributed by atoms with Crippen LogP contribution in [0.1, 0.15) is 24.8 Å². The van der Waals surface area contributed by atoms with Crippen molar-refractivity contribution in [2.75, 3.05) is 0 Å². The quantitative estimate of drug-likeness (QED) is 0.808. The van der Waals surface area contributed by atoms with Gasteiger partial charge in [-0.1, -0.05) is 17.7 Å². The molecule has 3 heteroatoms. The Morgan fingerprint density at radius 2 is 2.07 bits per heavy atom. The third-order valence-corrected chi connectivity index (χ3v) is 3.02. The van der Waals surface area contributed by atoms with Crippen LogP contribution in [-0.4, -0.2) is 15.8 Å². The normalized spacial score (nSPS) is 18.1. The van der Waals surface area contributed by atoms with E-state index in [4.69, 9.17) is 11.6 Å². The fraction of sp³-hybridized carbons (Fsp3) is 0.455. The molecule has 14 heavy (non-hydrogen) atoms. The fourth-order valence-electron chi connectivity index (χ4n) is 1.48. The third-order valence-electron chi connectivity index (χ3n) is 2.72. The van der Waals surface area contributed by atoms with Crippen LogP contribution in [0.3, 0.4) is 0 Å². The summed E-state index contributed by atoms with van der Waals surface area (Å²) in [5.41, 5.74) is 0.651. The van der Waals surface area contributed by atoms with Crippen molar-refractivity contribution in [1.29, 1.82) is 0 Å². The molecule has 0 spiro atoms. The zero-order valence-corrected chi connectivity index (χ0v) is 8.59. The van der Waals surface area contributed by atoms with E-state index in [1.165, 1.54) is 0 Å². The lowest BCUT2D eigenvalue weighted by Gasteiger charge is -2.07. The highest BCUT2D eigenvalue weighted by Gasteiger charge is 2.39. The van der Waals surface area contributed by atoms with Crippen molar-refractivity contribution in [3.05, 3.63) is 28.8 Å². The van der Waals surface area contributed by atoms with Gasteiger partial charge in [-0.25, -0.2) is 0 Å². The summed E-state index contributed by atoms with van der Waals surface area (Å²) in [7, 11) is 0. The predicted octanol–water partition coefficient (Wildman–Crippen LogP) is 2.50. The van der Waals surface area contributed by atoms with Gasteiger partial charge in [0.05, 0.1) is 10.6 Å². The molecule has 2 nitrogen and oxygen atoms in total. The maximum Gasteiger partial charge on any atom is 0.134 e. The number of aromatic hydroxyl groups is 1. The summed E-state index contributed by atoms with van der Waals surface area (Å²) in [5.74, 6) is 0.112. The van der Waals surface area contributed by atoms with Crippen LogP contribution >= 0.6 is 11.6 Å². The van der Waals surface area contributed by atoms with E-state index in [0.29, 0.717) is 5.02 Å². The lowest BCUT2D eigenvalue weighted by molar-refractivity contribution is 0.140. The summed E-state index contributed by atoms with van der Waals surface area (Å²) < 4.78 is 0. The van der Waals surface area contributed by atoms with Gasteiger partial charge in [0.25, 0.3) is 0 Å². The van der Waals surface area contributed by atoms with Gasteiger partial charge in [0.1, 0.15) is 5.75 Å². The molecule has 2 rings (SSSR count). The minimum Gasteiger partial charge on any atom is -0.506 e. The van der Waals surface area contributed by atoms with E-state index in [1.807, 2.05) is 6.07 Å². The first-order valence-electron chi connectivity index (χ1n) is 4.79. The molecule has 0 unspecified atom stereocenters. The molecule has 0 radical (unpaired) electrons. The fourth-order valence-corrected chi connectivity index (χ4v) is 1.68. The molecule has 0 heterocycles. The predicted molar refractivity (Wildman–Crippen MR) is 55.6 cm³/mol. The van der Waals surface area contributed by atoms with Gasteiger partial charge >= 0.3 is 0 Å². The lowest BCUT2D eigenvalue weighted by Crippen LogP contribution is -2.07. The molecule has 1 aromatic rings. The molecule has 0 bridgehead atoms. The molecule has 1 fully saturated rings. The number of hydrogen-bond donors (Lipinski definition) is 2. The SMILES string of the molecule is Oc1ccc(CCC2(O)CC2)cc1Cl. The van der Waals surface area contributed by atoms with Crippen LogP contribution in [0.15, 0.2) is 18.2 Å². The van der Waals surface area contributed by atoms with Crippen LogP contribution in [0, 0.1) is 0 Å². The molecule has 1 aliphatic carbocycles. The average molecular weight is 213 g/mol. The van der Waals surface area contributed by atoms with Crippen LogP contribution in [0.2, 0.25) is 5.02 Å². The van der Waals surface area contributed by atoms with Gasteiger partial charge in [-0.2, -0.15) is 0 Å². The van der Waals surface area contributed by atoms with Crippen LogP contribution in [0.4, 0.5) is 0 Å². The molecule has 1 aromatic carbocycles. The maximum atomic E-state index is 9.63. The molecule has 0 aromatic heterocycles. The number of phenolic OH excluding ortho intramolecular Hbond substituents is 1. The average Bonchev–Trinajstić information content (AvgIpc) is 2.87. The van der Waals surface area contributed by atoms with Crippen molar-refractivity contribution in [3.8, 4) is 5.75 Å². The van der Waals surface area contributed by atoms with Gasteiger partial charge < -0.3 is 10.2 Å². The number of hydrogen-bond acceptors (Lipinski definition) is 2. The highest BCUT2D eigenvalue weighted by Crippen LogP contribution is 2.39. The van der Waals surface area contributed by atoms with E-state index < -0.39 is 5.60 Å². The molecule has 2 N–H and O–H groups in total. The van der Waals surface area contributed by atoms with E-state index in [9.17, 15) is 10.2 Å². The Kier molecular flexibility index (Phi) is 2.41. The van der Waals surface area contributed by atoms with Gasteiger partial charge in [-0.05, 0) is 43.4 Å². The van der Waals surface area contributed by atoms with E-state index in [1.54, 1.807) is 12.1 Å². The first-order valence-corrected chi connectivity index (χ1v) is 5.17. The van der Waals surface area contributed by atoms with Gasteiger partial charge in [0.15, 0.2) is 0 Å². The van der Waals surface area contributed by atoms with Crippen LogP contribution in [0.5, 0.6) is 5.75 Å². The molecule has 0 aliphatic heterocycles. The highest BCUT2D eigenvalue weighted by molar-refractivity contribution is 6.32. The van der Waals surface area contributed by atoms with Crippen LogP contribution in [-0.2, 0) is 6.42 Å². The van der Waals surface area contributed by atoms with Crippen molar-refractivity contribution < 1.29 is 10.2 Å². The molecule has 76 valence electrons. The molecule has 1 saturated carbocycles. The lowest BCUT2D eigenvalue weighted by atomic mass is 10.1. The second-order valence-electron chi connectivity index (χ2n) is 4.01. The summed E-state index contributed by atoms with van der Waals surface area (Å²) in [6.07, 6.45) is 3.43. The highest BCUT2D eigenvalue weighted by atomic mass is 35.5. The van der Waals surface area contributed by atoms with E-state index in [2.05, 4.69) is 0 Å². The largest absolute Gasteiger partial charge is 0.506 e. The van der Waals surface area contributed by atoms with Crippen molar-refractivity contribution >= 4 is 11.6 Å². The van der Waals surface area contributed by atoms with Crippen LogP contribution in [0.25, 0.3) is 0 Å². The van der Waals surface area contributed by atoms with Crippen molar-refractivity contribution in [3.63, 3.8) is 0 Å². The Morgan fingerprint density at radius 1 is 1.36 bits per heavy atom. The first-order chi connectivity index (χ1) is 6.59. The van der Waals surface area contributed by atoms with Gasteiger partial charge in [-0.15, -0.1) is 0 Å². The molecule has 0 amide bonds. The Bertz CT molecular complexity index is 345. The minimum atomic E-state index is -0.412. The second-order valence-corrected chi connectivity index (χ2v) is 4.42. The number of benzene rings is 1. The summed E-state index contributed by atoms with van der Waals surface area (Å²) >= 11 is 5.77. The molecular formula is C11H13ClO2. The Hall–Kier alpha value is -0.730. The second kappa shape index (κ2) is 3.44. The van der Waals surface area contributed by atoms with Crippen molar-refractivity contribution in [2.24, 2.45) is 0 Å². The Balaban J connectivity index is 1.99. The monoisotopic (exact) mass is 212 g/mol. The zero-order chi connectivity index (χ0) is 10.2. The standard InChI is InChI=1S/C11H13ClO2/c12-9-7-8(1-2-10(9)13)3-4-11(14)5-6-11/h1-2,7,13-14H,3-6H2. The van der Waals surface area contributed by atoms with Crippen molar-refractivity contribution in [1.82, 2.24) is 0 Å². The number of halogens is 1. The summed E-state index contributed by atoms with van der Waals surface area (Å²) in [6.45, 7) is 0. The minimum absolute atomic E-state index is 0.112. The zero-order valence-electron chi connectivity index (χ0n) is 7.83. The summed E-state index contributed by atoms with van der Waals surface area (Å²) in [4.78, 5) is 0. The summed E-state index contributed by atoms with van der Waals surface area (Å²) in [5, 5.41) is 19.2. The van der Waals surface area contributed by atoms with Gasteiger partial charge in [-0.3, -0.25) is 0 Å². The Morgan fingerprint density at radius 3 is 2.64 bits per heavy atom.